The van der Waals surface area contributed by atoms with Gasteiger partial charge in [0, 0.05) is 13.2 Å². The molecule has 0 saturated heterocycles. The maximum absolute atomic E-state index is 5.18. The van der Waals surface area contributed by atoms with E-state index in [-0.39, 0.29) is 0 Å². The van der Waals surface area contributed by atoms with E-state index in [2.05, 4.69) is 15.3 Å². The van der Waals surface area contributed by atoms with Crippen molar-refractivity contribution >= 4 is 17.2 Å². The zero-order valence-corrected chi connectivity index (χ0v) is 8.03. The van der Waals surface area contributed by atoms with E-state index in [4.69, 9.17) is 4.42 Å². The minimum absolute atomic E-state index is 0.499. The molecule has 0 spiro atoms. The number of anilines is 1. The van der Waals surface area contributed by atoms with Crippen LogP contribution in [0.5, 0.6) is 0 Å². The van der Waals surface area contributed by atoms with E-state index in [1.54, 1.807) is 13.2 Å². The van der Waals surface area contributed by atoms with Crippen LogP contribution in [-0.4, -0.2) is 17.0 Å². The Kier molecular flexibility index (Phi) is 3.25. The predicted molar refractivity (Wildman–Crippen MR) is 52.7 cm³/mol. The molecular formula is C9H13N3O. The van der Waals surface area contributed by atoms with Gasteiger partial charge in [-0.3, -0.25) is 0 Å². The smallest absolute Gasteiger partial charge is 0.296 e. The molecule has 0 amide bonds. The number of oxazole rings is 1. The molecule has 0 aromatic carbocycles. The summed E-state index contributed by atoms with van der Waals surface area (Å²) in [4.78, 5) is 8.07. The molecule has 0 radical (unpaired) electrons. The van der Waals surface area contributed by atoms with Gasteiger partial charge in [0.25, 0.3) is 6.01 Å². The summed E-state index contributed by atoms with van der Waals surface area (Å²) in [6.07, 6.45) is 1.67. The first-order chi connectivity index (χ1) is 6.40. The highest BCUT2D eigenvalue weighted by atomic mass is 16.4. The van der Waals surface area contributed by atoms with Gasteiger partial charge in [0.2, 0.25) is 5.71 Å². The van der Waals surface area contributed by atoms with Gasteiger partial charge in [0.1, 0.15) is 5.52 Å². The van der Waals surface area contributed by atoms with Crippen molar-refractivity contribution < 1.29 is 4.42 Å². The van der Waals surface area contributed by atoms with E-state index in [9.17, 15) is 0 Å². The second-order valence-electron chi connectivity index (χ2n) is 2.10. The molecule has 2 aromatic heterocycles. The average molecular weight is 179 g/mol. The maximum Gasteiger partial charge on any atom is 0.296 e. The number of rotatable bonds is 1. The quantitative estimate of drug-likeness (QED) is 0.729. The van der Waals surface area contributed by atoms with Gasteiger partial charge in [-0.25, -0.2) is 4.98 Å². The van der Waals surface area contributed by atoms with Gasteiger partial charge >= 0.3 is 0 Å². The SMILES string of the molecule is CC.CNc1nc2cccnc2o1. The largest absolute Gasteiger partial charge is 0.404 e. The Hall–Kier alpha value is -1.58. The zero-order valence-electron chi connectivity index (χ0n) is 8.03. The van der Waals surface area contributed by atoms with Gasteiger partial charge in [-0.2, -0.15) is 4.98 Å². The molecular weight excluding hydrogens is 166 g/mol. The minimum atomic E-state index is 0.499. The summed E-state index contributed by atoms with van der Waals surface area (Å²) in [7, 11) is 1.75. The lowest BCUT2D eigenvalue weighted by atomic mass is 10.5. The van der Waals surface area contributed by atoms with Gasteiger partial charge < -0.3 is 9.73 Å². The number of aromatic nitrogens is 2. The molecule has 4 nitrogen and oxygen atoms in total. The van der Waals surface area contributed by atoms with Crippen molar-refractivity contribution in [1.29, 1.82) is 0 Å². The molecule has 0 aliphatic heterocycles. The lowest BCUT2D eigenvalue weighted by molar-refractivity contribution is 0.608. The van der Waals surface area contributed by atoms with Crippen molar-refractivity contribution in [1.82, 2.24) is 9.97 Å². The van der Waals surface area contributed by atoms with Crippen LogP contribution in [0.1, 0.15) is 13.8 Å². The standard InChI is InChI=1S/C7H7N3O.C2H6/c1-8-7-10-5-3-2-4-9-6(5)11-7;1-2/h2-4H,1H3,(H,8,10);1-2H3. The Labute approximate surface area is 77.0 Å². The van der Waals surface area contributed by atoms with Crippen LogP contribution in [-0.2, 0) is 0 Å². The molecule has 2 aromatic rings. The summed E-state index contributed by atoms with van der Waals surface area (Å²) < 4.78 is 5.18. The molecule has 2 heterocycles. The lowest BCUT2D eigenvalue weighted by Gasteiger charge is -1.83. The van der Waals surface area contributed by atoms with Crippen LogP contribution in [0.3, 0.4) is 0 Å². The van der Waals surface area contributed by atoms with Crippen molar-refractivity contribution in [2.24, 2.45) is 0 Å². The van der Waals surface area contributed by atoms with Crippen LogP contribution in [0.2, 0.25) is 0 Å². The van der Waals surface area contributed by atoms with E-state index in [1.165, 1.54) is 0 Å². The minimum Gasteiger partial charge on any atom is -0.404 e. The van der Waals surface area contributed by atoms with Gasteiger partial charge in [0.05, 0.1) is 0 Å². The summed E-state index contributed by atoms with van der Waals surface area (Å²) in [6.45, 7) is 4.00. The number of hydrogen-bond acceptors (Lipinski definition) is 4. The molecule has 0 atom stereocenters. The van der Waals surface area contributed by atoms with Gasteiger partial charge in [-0.1, -0.05) is 13.8 Å². The molecule has 0 bridgehead atoms. The average Bonchev–Trinajstić information content (AvgIpc) is 2.63. The van der Waals surface area contributed by atoms with Crippen molar-refractivity contribution in [2.75, 3.05) is 12.4 Å². The van der Waals surface area contributed by atoms with Crippen molar-refractivity contribution in [2.45, 2.75) is 13.8 Å². The fraction of sp³-hybridized carbons (Fsp3) is 0.333. The van der Waals surface area contributed by atoms with E-state index in [0.717, 1.165) is 5.52 Å². The molecule has 4 heteroatoms. The summed E-state index contributed by atoms with van der Waals surface area (Å²) in [5.41, 5.74) is 1.34. The first kappa shape index (κ1) is 9.51. The number of hydrogen-bond donors (Lipinski definition) is 1. The Bertz CT molecular complexity index is 337. The summed E-state index contributed by atoms with van der Waals surface area (Å²) in [5, 5.41) is 2.80. The van der Waals surface area contributed by atoms with Gasteiger partial charge in [0.15, 0.2) is 0 Å². The summed E-state index contributed by atoms with van der Waals surface area (Å²) in [5.74, 6) is 0. The monoisotopic (exact) mass is 179 g/mol. The van der Waals surface area contributed by atoms with E-state index >= 15 is 0 Å². The normalized spacial score (nSPS) is 9.15. The molecule has 0 aliphatic rings. The van der Waals surface area contributed by atoms with Gasteiger partial charge in [-0.15, -0.1) is 0 Å². The number of pyridine rings is 1. The van der Waals surface area contributed by atoms with Crippen molar-refractivity contribution in [3.05, 3.63) is 18.3 Å². The van der Waals surface area contributed by atoms with Crippen molar-refractivity contribution in [3.8, 4) is 0 Å². The lowest BCUT2D eigenvalue weighted by Crippen LogP contribution is -1.85. The Morgan fingerprint density at radius 2 is 2.15 bits per heavy atom. The number of fused-ring (bicyclic) bond motifs is 1. The fourth-order valence-corrected chi connectivity index (χ4v) is 0.877. The highest BCUT2D eigenvalue weighted by Gasteiger charge is 2.01. The summed E-state index contributed by atoms with van der Waals surface area (Å²) >= 11 is 0. The zero-order chi connectivity index (χ0) is 9.68. The maximum atomic E-state index is 5.18. The van der Waals surface area contributed by atoms with Crippen LogP contribution in [0.15, 0.2) is 22.7 Å². The van der Waals surface area contributed by atoms with Crippen LogP contribution in [0.25, 0.3) is 11.2 Å². The second kappa shape index (κ2) is 4.45. The Balaban J connectivity index is 0.000000396. The molecule has 0 fully saturated rings. The van der Waals surface area contributed by atoms with Crippen LogP contribution < -0.4 is 5.32 Å². The number of nitrogens with one attached hydrogen (secondary N) is 1. The van der Waals surface area contributed by atoms with E-state index < -0.39 is 0 Å². The molecule has 0 unspecified atom stereocenters. The third-order valence-corrected chi connectivity index (χ3v) is 1.38. The highest BCUT2D eigenvalue weighted by molar-refractivity contribution is 5.69. The number of nitrogens with zero attached hydrogens (tertiary/aromatic N) is 2. The third kappa shape index (κ3) is 1.96. The first-order valence-corrected chi connectivity index (χ1v) is 4.29. The first-order valence-electron chi connectivity index (χ1n) is 4.29. The van der Waals surface area contributed by atoms with Crippen LogP contribution >= 0.6 is 0 Å². The van der Waals surface area contributed by atoms with Crippen LogP contribution in [0.4, 0.5) is 6.01 Å². The molecule has 13 heavy (non-hydrogen) atoms. The third-order valence-electron chi connectivity index (χ3n) is 1.38. The second-order valence-corrected chi connectivity index (χ2v) is 2.10. The molecule has 1 N–H and O–H groups in total. The van der Waals surface area contributed by atoms with Crippen molar-refractivity contribution in [3.63, 3.8) is 0 Å². The van der Waals surface area contributed by atoms with Crippen LogP contribution in [0, 0.1) is 0 Å². The highest BCUT2D eigenvalue weighted by Crippen LogP contribution is 2.14. The topological polar surface area (TPSA) is 51.0 Å². The molecule has 2 rings (SSSR count). The molecule has 0 saturated carbocycles. The fourth-order valence-electron chi connectivity index (χ4n) is 0.877. The predicted octanol–water partition coefficient (Wildman–Crippen LogP) is 2.29. The van der Waals surface area contributed by atoms with E-state index in [0.29, 0.717) is 11.7 Å². The van der Waals surface area contributed by atoms with E-state index in [1.807, 2.05) is 26.0 Å². The Morgan fingerprint density at radius 1 is 1.38 bits per heavy atom. The summed E-state index contributed by atoms with van der Waals surface area (Å²) in [6, 6.07) is 4.18. The molecule has 70 valence electrons. The van der Waals surface area contributed by atoms with Gasteiger partial charge in [-0.05, 0) is 12.1 Å². The molecule has 0 aliphatic carbocycles. The Morgan fingerprint density at radius 3 is 2.77 bits per heavy atom.